The maximum absolute atomic E-state index is 12.5. The van der Waals surface area contributed by atoms with Gasteiger partial charge < -0.3 is 25.7 Å². The van der Waals surface area contributed by atoms with Gasteiger partial charge in [0, 0.05) is 0 Å². The summed E-state index contributed by atoms with van der Waals surface area (Å²) < 4.78 is 0. The SMILES string of the molecule is CCCCCCCCCCCCCCCCCCCCCCCC/C=C/CCCC(O)C(O)C(CO)NC(=O)C(O)CCCCCCCCCCCCCCCC. The first kappa shape index (κ1) is 56.0. The normalized spacial score (nSPS) is 14.0. The standard InChI is InChI=1S/C51H101NO5/c1-3-5-7-9-11-13-15-17-19-20-21-22-23-24-25-26-27-28-29-30-31-33-34-36-38-40-42-44-48(54)50(56)47(46-53)52-51(57)49(55)45-43-41-39-37-35-32-18-16-14-12-10-8-6-4-2/h36,38,47-50,53-56H,3-35,37,39-46H2,1-2H3,(H,52,57)/b38-36+. The summed E-state index contributed by atoms with van der Waals surface area (Å²) in [6, 6.07) is -0.997. The van der Waals surface area contributed by atoms with Gasteiger partial charge >= 0.3 is 0 Å². The highest BCUT2D eigenvalue weighted by Crippen LogP contribution is 2.17. The molecule has 0 aliphatic carbocycles. The summed E-state index contributed by atoms with van der Waals surface area (Å²) in [5, 5.41) is 43.8. The van der Waals surface area contributed by atoms with Crippen LogP contribution in [0.15, 0.2) is 12.2 Å². The molecule has 0 aromatic heterocycles. The maximum Gasteiger partial charge on any atom is 0.249 e. The molecule has 6 heteroatoms. The van der Waals surface area contributed by atoms with Crippen molar-refractivity contribution in [3.63, 3.8) is 0 Å². The number of amides is 1. The second kappa shape index (κ2) is 46.1. The van der Waals surface area contributed by atoms with Crippen molar-refractivity contribution in [3.8, 4) is 0 Å². The van der Waals surface area contributed by atoms with E-state index < -0.39 is 36.9 Å². The number of hydrogen-bond acceptors (Lipinski definition) is 5. The minimum Gasteiger partial charge on any atom is -0.394 e. The lowest BCUT2D eigenvalue weighted by atomic mass is 10.00. The van der Waals surface area contributed by atoms with Crippen molar-refractivity contribution >= 4 is 5.91 Å². The van der Waals surface area contributed by atoms with Crippen LogP contribution in [0.3, 0.4) is 0 Å². The minimum absolute atomic E-state index is 0.368. The van der Waals surface area contributed by atoms with Gasteiger partial charge in [0.05, 0.1) is 18.8 Å². The van der Waals surface area contributed by atoms with Crippen LogP contribution in [0.1, 0.15) is 277 Å². The monoisotopic (exact) mass is 808 g/mol. The average Bonchev–Trinajstić information content (AvgIpc) is 3.22. The number of rotatable bonds is 47. The zero-order valence-corrected chi connectivity index (χ0v) is 38.4. The third kappa shape index (κ3) is 40.2. The molecular formula is C51H101NO5. The molecule has 0 spiro atoms. The lowest BCUT2D eigenvalue weighted by Gasteiger charge is -2.27. The molecule has 5 N–H and O–H groups in total. The van der Waals surface area contributed by atoms with Gasteiger partial charge in [0.15, 0.2) is 0 Å². The van der Waals surface area contributed by atoms with Crippen LogP contribution >= 0.6 is 0 Å². The van der Waals surface area contributed by atoms with Gasteiger partial charge in [0.2, 0.25) is 5.91 Å². The molecule has 4 unspecified atom stereocenters. The van der Waals surface area contributed by atoms with Crippen molar-refractivity contribution in [1.29, 1.82) is 0 Å². The molecule has 0 aliphatic heterocycles. The van der Waals surface area contributed by atoms with Gasteiger partial charge in [0.25, 0.3) is 0 Å². The first-order chi connectivity index (χ1) is 28.0. The van der Waals surface area contributed by atoms with Crippen LogP contribution in [0.2, 0.25) is 0 Å². The van der Waals surface area contributed by atoms with Crippen LogP contribution in [0.5, 0.6) is 0 Å². The molecule has 0 bridgehead atoms. The molecule has 6 nitrogen and oxygen atoms in total. The van der Waals surface area contributed by atoms with E-state index in [4.69, 9.17) is 0 Å². The van der Waals surface area contributed by atoms with E-state index in [1.165, 1.54) is 212 Å². The second-order valence-corrected chi connectivity index (χ2v) is 17.9. The van der Waals surface area contributed by atoms with E-state index in [1.807, 2.05) is 0 Å². The fourth-order valence-electron chi connectivity index (χ4n) is 8.17. The first-order valence-corrected chi connectivity index (χ1v) is 25.6. The van der Waals surface area contributed by atoms with Crippen LogP contribution in [0.25, 0.3) is 0 Å². The maximum atomic E-state index is 12.5. The Bertz CT molecular complexity index is 821. The zero-order chi connectivity index (χ0) is 41.7. The highest BCUT2D eigenvalue weighted by molar-refractivity contribution is 5.80. The topological polar surface area (TPSA) is 110 Å². The number of nitrogens with one attached hydrogen (secondary N) is 1. The fraction of sp³-hybridized carbons (Fsp3) is 0.941. The summed E-state index contributed by atoms with van der Waals surface area (Å²) in [6.07, 6.45) is 52.7. The van der Waals surface area contributed by atoms with E-state index in [0.717, 1.165) is 38.5 Å². The van der Waals surface area contributed by atoms with E-state index in [2.05, 4.69) is 31.3 Å². The van der Waals surface area contributed by atoms with Crippen LogP contribution in [-0.4, -0.2) is 57.3 Å². The summed E-state index contributed by atoms with van der Waals surface area (Å²) >= 11 is 0. The summed E-state index contributed by atoms with van der Waals surface area (Å²) in [5.41, 5.74) is 0. The Kier molecular flexibility index (Phi) is 45.4. The Morgan fingerprint density at radius 3 is 1.05 bits per heavy atom. The summed E-state index contributed by atoms with van der Waals surface area (Å²) in [4.78, 5) is 12.5. The highest BCUT2D eigenvalue weighted by atomic mass is 16.3. The van der Waals surface area contributed by atoms with Crippen molar-refractivity contribution in [1.82, 2.24) is 5.32 Å². The number of unbranched alkanes of at least 4 members (excludes halogenated alkanes) is 36. The lowest BCUT2D eigenvalue weighted by Crippen LogP contribution is -2.53. The smallest absolute Gasteiger partial charge is 0.249 e. The van der Waals surface area contributed by atoms with Crippen LogP contribution in [0.4, 0.5) is 0 Å². The van der Waals surface area contributed by atoms with Gasteiger partial charge in [-0.05, 0) is 38.5 Å². The van der Waals surface area contributed by atoms with Gasteiger partial charge in [0.1, 0.15) is 12.2 Å². The van der Waals surface area contributed by atoms with Crippen molar-refractivity contribution in [2.45, 2.75) is 301 Å². The van der Waals surface area contributed by atoms with E-state index in [0.29, 0.717) is 12.8 Å². The lowest BCUT2D eigenvalue weighted by molar-refractivity contribution is -0.132. The van der Waals surface area contributed by atoms with Crippen molar-refractivity contribution in [3.05, 3.63) is 12.2 Å². The molecule has 0 rings (SSSR count). The highest BCUT2D eigenvalue weighted by Gasteiger charge is 2.28. The van der Waals surface area contributed by atoms with Gasteiger partial charge in [-0.2, -0.15) is 0 Å². The molecule has 0 aliphatic rings. The second-order valence-electron chi connectivity index (χ2n) is 17.9. The number of aliphatic hydroxyl groups is 4. The number of carbonyl (C=O) groups excluding carboxylic acids is 1. The van der Waals surface area contributed by atoms with E-state index in [9.17, 15) is 25.2 Å². The molecule has 0 aromatic carbocycles. The third-order valence-corrected chi connectivity index (χ3v) is 12.2. The van der Waals surface area contributed by atoms with Crippen LogP contribution in [-0.2, 0) is 4.79 Å². The summed E-state index contributed by atoms with van der Waals surface area (Å²) in [6.45, 7) is 4.06. The molecule has 340 valence electrons. The number of aliphatic hydroxyl groups excluding tert-OH is 4. The number of allylic oxidation sites excluding steroid dienone is 2. The summed E-state index contributed by atoms with van der Waals surface area (Å²) in [7, 11) is 0. The molecule has 0 aromatic rings. The Labute approximate surface area is 355 Å². The molecule has 57 heavy (non-hydrogen) atoms. The Morgan fingerprint density at radius 1 is 0.421 bits per heavy atom. The van der Waals surface area contributed by atoms with Crippen molar-refractivity contribution < 1.29 is 25.2 Å². The number of hydrogen-bond donors (Lipinski definition) is 5. The molecular weight excluding hydrogens is 707 g/mol. The van der Waals surface area contributed by atoms with Crippen LogP contribution in [0, 0.1) is 0 Å². The molecule has 0 fully saturated rings. The Hall–Kier alpha value is -0.950. The van der Waals surface area contributed by atoms with Crippen LogP contribution < -0.4 is 5.32 Å². The van der Waals surface area contributed by atoms with Gasteiger partial charge in [-0.1, -0.05) is 251 Å². The Morgan fingerprint density at radius 2 is 0.719 bits per heavy atom. The predicted octanol–water partition coefficient (Wildman–Crippen LogP) is 14.1. The largest absolute Gasteiger partial charge is 0.394 e. The predicted molar refractivity (Wildman–Crippen MR) is 247 cm³/mol. The average molecular weight is 808 g/mol. The van der Waals surface area contributed by atoms with Gasteiger partial charge in [-0.3, -0.25) is 4.79 Å². The quantitative estimate of drug-likeness (QED) is 0.0311. The minimum atomic E-state index is -1.28. The molecule has 0 saturated carbocycles. The first-order valence-electron chi connectivity index (χ1n) is 25.6. The fourth-order valence-corrected chi connectivity index (χ4v) is 8.17. The molecule has 4 atom stereocenters. The summed E-state index contributed by atoms with van der Waals surface area (Å²) in [5.74, 6) is -0.590. The van der Waals surface area contributed by atoms with Crippen molar-refractivity contribution in [2.75, 3.05) is 6.61 Å². The molecule has 0 saturated heterocycles. The third-order valence-electron chi connectivity index (χ3n) is 12.2. The molecule has 0 radical (unpaired) electrons. The van der Waals surface area contributed by atoms with Gasteiger partial charge in [-0.15, -0.1) is 0 Å². The van der Waals surface area contributed by atoms with E-state index >= 15 is 0 Å². The zero-order valence-electron chi connectivity index (χ0n) is 38.4. The number of carbonyl (C=O) groups is 1. The van der Waals surface area contributed by atoms with Crippen molar-refractivity contribution in [2.24, 2.45) is 0 Å². The molecule has 0 heterocycles. The van der Waals surface area contributed by atoms with Gasteiger partial charge in [-0.25, -0.2) is 0 Å². The molecule has 1 amide bonds. The Balaban J connectivity index is 3.64. The van der Waals surface area contributed by atoms with E-state index in [-0.39, 0.29) is 0 Å². The van der Waals surface area contributed by atoms with E-state index in [1.54, 1.807) is 0 Å².